The standard InChI is InChI=1S/C14H31N3/c1-13(2)11-14(3,12-15)16(4)9-10-17-7-5-6-8-17/h13H,5-12,15H2,1-4H3. The average molecular weight is 241 g/mol. The highest BCUT2D eigenvalue weighted by atomic mass is 15.2. The van der Waals surface area contributed by atoms with Crippen molar-refractivity contribution >= 4 is 0 Å². The molecule has 0 aromatic rings. The number of likely N-dealkylation sites (tertiary alicyclic amines) is 1. The summed E-state index contributed by atoms with van der Waals surface area (Å²) in [5, 5.41) is 0. The highest BCUT2D eigenvalue weighted by Crippen LogP contribution is 2.21. The van der Waals surface area contributed by atoms with Crippen molar-refractivity contribution in [2.45, 2.75) is 45.6 Å². The Kier molecular flexibility index (Phi) is 5.90. The SMILES string of the molecule is CC(C)CC(C)(CN)N(C)CCN1CCCC1. The van der Waals surface area contributed by atoms with E-state index in [0.717, 1.165) is 13.1 Å². The van der Waals surface area contributed by atoms with Crippen LogP contribution < -0.4 is 5.73 Å². The van der Waals surface area contributed by atoms with Gasteiger partial charge in [0.05, 0.1) is 0 Å². The van der Waals surface area contributed by atoms with E-state index >= 15 is 0 Å². The van der Waals surface area contributed by atoms with Crippen LogP contribution in [0.25, 0.3) is 0 Å². The number of hydrogen-bond donors (Lipinski definition) is 1. The minimum atomic E-state index is 0.161. The van der Waals surface area contributed by atoms with Crippen LogP contribution in [0.5, 0.6) is 0 Å². The molecule has 0 spiro atoms. The van der Waals surface area contributed by atoms with Gasteiger partial charge < -0.3 is 10.6 Å². The third kappa shape index (κ3) is 4.57. The monoisotopic (exact) mass is 241 g/mol. The van der Waals surface area contributed by atoms with Gasteiger partial charge in [-0.05, 0) is 52.2 Å². The topological polar surface area (TPSA) is 32.5 Å². The second-order valence-electron chi connectivity index (χ2n) is 6.27. The summed E-state index contributed by atoms with van der Waals surface area (Å²) in [6.07, 6.45) is 3.94. The van der Waals surface area contributed by atoms with Gasteiger partial charge in [0.15, 0.2) is 0 Å². The summed E-state index contributed by atoms with van der Waals surface area (Å²) in [5.41, 5.74) is 6.15. The molecular formula is C14H31N3. The molecule has 0 aromatic carbocycles. The summed E-state index contributed by atoms with van der Waals surface area (Å²) in [6.45, 7) is 12.5. The molecule has 3 heteroatoms. The molecule has 102 valence electrons. The number of nitrogens with zero attached hydrogens (tertiary/aromatic N) is 2. The Morgan fingerprint density at radius 1 is 1.29 bits per heavy atom. The summed E-state index contributed by atoms with van der Waals surface area (Å²) < 4.78 is 0. The van der Waals surface area contributed by atoms with Crippen LogP contribution in [0.2, 0.25) is 0 Å². The van der Waals surface area contributed by atoms with Gasteiger partial charge in [0.2, 0.25) is 0 Å². The molecule has 1 heterocycles. The molecule has 0 amide bonds. The van der Waals surface area contributed by atoms with Crippen LogP contribution in [0.3, 0.4) is 0 Å². The number of hydrogen-bond acceptors (Lipinski definition) is 3. The van der Waals surface area contributed by atoms with Gasteiger partial charge >= 0.3 is 0 Å². The van der Waals surface area contributed by atoms with Gasteiger partial charge in [0.25, 0.3) is 0 Å². The smallest absolute Gasteiger partial charge is 0.0303 e. The van der Waals surface area contributed by atoms with Crippen LogP contribution in [0.4, 0.5) is 0 Å². The maximum atomic E-state index is 5.98. The Morgan fingerprint density at radius 2 is 1.88 bits per heavy atom. The minimum Gasteiger partial charge on any atom is -0.329 e. The lowest BCUT2D eigenvalue weighted by atomic mass is 9.89. The van der Waals surface area contributed by atoms with Gasteiger partial charge in [-0.15, -0.1) is 0 Å². The molecule has 1 saturated heterocycles. The summed E-state index contributed by atoms with van der Waals surface area (Å²) >= 11 is 0. The Balaban J connectivity index is 2.38. The molecule has 0 aromatic heterocycles. The van der Waals surface area contributed by atoms with Gasteiger partial charge in [-0.25, -0.2) is 0 Å². The molecule has 17 heavy (non-hydrogen) atoms. The average Bonchev–Trinajstić information content (AvgIpc) is 2.77. The highest BCUT2D eigenvalue weighted by molar-refractivity contribution is 4.87. The highest BCUT2D eigenvalue weighted by Gasteiger charge is 2.28. The number of rotatable bonds is 7. The molecule has 1 aliphatic heterocycles. The quantitative estimate of drug-likeness (QED) is 0.737. The van der Waals surface area contributed by atoms with E-state index in [2.05, 4.69) is 37.6 Å². The van der Waals surface area contributed by atoms with Crippen LogP contribution in [0.1, 0.15) is 40.0 Å². The Bertz CT molecular complexity index is 212. The fourth-order valence-electron chi connectivity index (χ4n) is 2.84. The largest absolute Gasteiger partial charge is 0.329 e. The van der Waals surface area contributed by atoms with E-state index in [1.807, 2.05) is 0 Å². The molecule has 0 saturated carbocycles. The first-order valence-corrected chi connectivity index (χ1v) is 7.11. The first kappa shape index (κ1) is 14.9. The fourth-order valence-corrected chi connectivity index (χ4v) is 2.84. The van der Waals surface area contributed by atoms with E-state index in [0.29, 0.717) is 5.92 Å². The maximum Gasteiger partial charge on any atom is 0.0303 e. The van der Waals surface area contributed by atoms with E-state index in [1.165, 1.54) is 38.9 Å². The van der Waals surface area contributed by atoms with Crippen LogP contribution in [0, 0.1) is 5.92 Å². The number of nitrogens with two attached hydrogens (primary N) is 1. The predicted molar refractivity (Wildman–Crippen MR) is 75.2 cm³/mol. The third-order valence-corrected chi connectivity index (χ3v) is 4.16. The Labute approximate surface area is 107 Å². The zero-order valence-electron chi connectivity index (χ0n) is 12.2. The molecular weight excluding hydrogens is 210 g/mol. The molecule has 2 N–H and O–H groups in total. The second kappa shape index (κ2) is 6.72. The lowest BCUT2D eigenvalue weighted by Gasteiger charge is -2.40. The lowest BCUT2D eigenvalue weighted by molar-refractivity contribution is 0.107. The molecule has 1 unspecified atom stereocenters. The van der Waals surface area contributed by atoms with E-state index in [9.17, 15) is 0 Å². The molecule has 0 aliphatic carbocycles. The molecule has 1 atom stereocenters. The molecule has 0 bridgehead atoms. The van der Waals surface area contributed by atoms with Crippen molar-refractivity contribution in [1.82, 2.24) is 9.80 Å². The third-order valence-electron chi connectivity index (χ3n) is 4.16. The minimum absolute atomic E-state index is 0.161. The van der Waals surface area contributed by atoms with Crippen LogP contribution in [0.15, 0.2) is 0 Å². The Hall–Kier alpha value is -0.120. The normalized spacial score (nSPS) is 21.4. The van der Waals surface area contributed by atoms with Crippen molar-refractivity contribution < 1.29 is 0 Å². The van der Waals surface area contributed by atoms with E-state index in [-0.39, 0.29) is 5.54 Å². The van der Waals surface area contributed by atoms with Crippen molar-refractivity contribution in [3.05, 3.63) is 0 Å². The zero-order valence-corrected chi connectivity index (χ0v) is 12.2. The summed E-state index contributed by atoms with van der Waals surface area (Å²) in [5.74, 6) is 0.706. The fraction of sp³-hybridized carbons (Fsp3) is 1.00. The van der Waals surface area contributed by atoms with E-state index < -0.39 is 0 Å². The molecule has 1 fully saturated rings. The van der Waals surface area contributed by atoms with E-state index in [1.54, 1.807) is 0 Å². The van der Waals surface area contributed by atoms with Crippen molar-refractivity contribution in [2.24, 2.45) is 11.7 Å². The van der Waals surface area contributed by atoms with Crippen LogP contribution in [-0.2, 0) is 0 Å². The molecule has 3 nitrogen and oxygen atoms in total. The Morgan fingerprint density at radius 3 is 2.35 bits per heavy atom. The van der Waals surface area contributed by atoms with Gasteiger partial charge in [-0.3, -0.25) is 4.90 Å². The van der Waals surface area contributed by atoms with Gasteiger partial charge in [-0.1, -0.05) is 13.8 Å². The first-order valence-electron chi connectivity index (χ1n) is 7.11. The van der Waals surface area contributed by atoms with Crippen molar-refractivity contribution in [2.75, 3.05) is 39.8 Å². The van der Waals surface area contributed by atoms with Crippen molar-refractivity contribution in [3.8, 4) is 0 Å². The first-order chi connectivity index (χ1) is 7.98. The predicted octanol–water partition coefficient (Wildman–Crippen LogP) is 1.78. The van der Waals surface area contributed by atoms with E-state index in [4.69, 9.17) is 5.73 Å². The van der Waals surface area contributed by atoms with Crippen LogP contribution in [-0.4, -0.2) is 55.1 Å². The summed E-state index contributed by atoms with van der Waals surface area (Å²) in [7, 11) is 2.23. The zero-order chi connectivity index (χ0) is 12.9. The summed E-state index contributed by atoms with van der Waals surface area (Å²) in [6, 6.07) is 0. The van der Waals surface area contributed by atoms with Gasteiger partial charge in [0.1, 0.15) is 0 Å². The number of likely N-dealkylation sites (N-methyl/N-ethyl adjacent to an activating group) is 1. The molecule has 0 radical (unpaired) electrons. The molecule has 1 rings (SSSR count). The van der Waals surface area contributed by atoms with Gasteiger partial charge in [-0.2, -0.15) is 0 Å². The lowest BCUT2D eigenvalue weighted by Crippen LogP contribution is -2.52. The summed E-state index contributed by atoms with van der Waals surface area (Å²) in [4.78, 5) is 5.04. The second-order valence-corrected chi connectivity index (χ2v) is 6.27. The van der Waals surface area contributed by atoms with Crippen molar-refractivity contribution in [1.29, 1.82) is 0 Å². The maximum absolute atomic E-state index is 5.98. The van der Waals surface area contributed by atoms with Crippen molar-refractivity contribution in [3.63, 3.8) is 0 Å². The van der Waals surface area contributed by atoms with Gasteiger partial charge in [0, 0.05) is 25.2 Å². The molecule has 1 aliphatic rings. The van der Waals surface area contributed by atoms with Crippen LogP contribution >= 0.6 is 0 Å².